The number of carbonyl (C=O) groups excluding carboxylic acids is 1. The second-order valence-corrected chi connectivity index (χ2v) is 7.42. The molecule has 1 amide bonds. The van der Waals surface area contributed by atoms with E-state index in [-0.39, 0.29) is 11.7 Å². The van der Waals surface area contributed by atoms with Gasteiger partial charge < -0.3 is 14.1 Å². The molecular weight excluding hydrogens is 370 g/mol. The number of fused-ring (bicyclic) bond motifs is 1. The first-order valence-corrected chi connectivity index (χ1v) is 9.74. The smallest absolute Gasteiger partial charge is 0.293 e. The molecule has 0 spiro atoms. The molecule has 0 saturated heterocycles. The summed E-state index contributed by atoms with van der Waals surface area (Å²) < 4.78 is 12.8. The maximum absolute atomic E-state index is 12.1. The van der Waals surface area contributed by atoms with Gasteiger partial charge in [0.05, 0.1) is 6.26 Å². The fourth-order valence-electron chi connectivity index (χ4n) is 3.39. The summed E-state index contributed by atoms with van der Waals surface area (Å²) in [5.74, 6) is 2.33. The highest BCUT2D eigenvalue weighted by molar-refractivity contribution is 6.01. The number of likely N-dealkylation sites (N-methyl/N-ethyl adjacent to an activating group) is 1. The van der Waals surface area contributed by atoms with Crippen molar-refractivity contribution in [3.8, 4) is 5.75 Å². The van der Waals surface area contributed by atoms with Gasteiger partial charge >= 0.3 is 0 Å². The number of nitrogens with one attached hydrogen (secondary N) is 1. The SMILES string of the molecule is CN(C)CCOc1ccc(C2CCc3nc(NC(=O)c4ccco4)nn3C2)cc1. The van der Waals surface area contributed by atoms with Crippen molar-refractivity contribution in [1.29, 1.82) is 0 Å². The van der Waals surface area contributed by atoms with Gasteiger partial charge in [0, 0.05) is 25.4 Å². The van der Waals surface area contributed by atoms with E-state index in [2.05, 4.69) is 32.4 Å². The van der Waals surface area contributed by atoms with Gasteiger partial charge in [-0.25, -0.2) is 4.68 Å². The van der Waals surface area contributed by atoms with Crippen molar-refractivity contribution >= 4 is 11.9 Å². The number of anilines is 1. The molecule has 1 N–H and O–H groups in total. The number of nitrogens with zero attached hydrogens (tertiary/aromatic N) is 4. The molecule has 2 aromatic heterocycles. The lowest BCUT2D eigenvalue weighted by Crippen LogP contribution is -2.20. The standard InChI is InChI=1S/C21H25N5O3/c1-25(2)11-13-28-17-8-5-15(6-9-17)16-7-10-19-22-21(24-26(19)14-16)23-20(27)18-4-3-12-29-18/h3-6,8-9,12,16H,7,10-11,13-14H2,1-2H3,(H,23,24,27). The molecule has 3 heterocycles. The molecule has 0 saturated carbocycles. The number of aryl methyl sites for hydroxylation is 1. The molecule has 1 aliphatic heterocycles. The average Bonchev–Trinajstić information content (AvgIpc) is 3.37. The number of benzene rings is 1. The van der Waals surface area contributed by atoms with Crippen LogP contribution in [0.4, 0.5) is 5.95 Å². The van der Waals surface area contributed by atoms with Gasteiger partial charge in [0.25, 0.3) is 5.91 Å². The Morgan fingerprint density at radius 1 is 1.31 bits per heavy atom. The summed E-state index contributed by atoms with van der Waals surface area (Å²) in [5.41, 5.74) is 1.26. The second-order valence-electron chi connectivity index (χ2n) is 7.42. The van der Waals surface area contributed by atoms with Gasteiger partial charge in [-0.3, -0.25) is 10.1 Å². The number of hydrogen-bond donors (Lipinski definition) is 1. The van der Waals surface area contributed by atoms with Crippen molar-refractivity contribution < 1.29 is 13.9 Å². The zero-order valence-electron chi connectivity index (χ0n) is 16.7. The minimum atomic E-state index is -0.348. The van der Waals surface area contributed by atoms with Crippen LogP contribution < -0.4 is 10.1 Å². The molecule has 1 aromatic carbocycles. The minimum Gasteiger partial charge on any atom is -0.492 e. The normalized spacial score (nSPS) is 15.9. The van der Waals surface area contributed by atoms with Crippen LogP contribution >= 0.6 is 0 Å². The zero-order chi connectivity index (χ0) is 20.2. The van der Waals surface area contributed by atoms with Gasteiger partial charge in [-0.2, -0.15) is 4.98 Å². The molecule has 8 nitrogen and oxygen atoms in total. The van der Waals surface area contributed by atoms with Crippen molar-refractivity contribution in [2.24, 2.45) is 0 Å². The summed E-state index contributed by atoms with van der Waals surface area (Å²) in [7, 11) is 4.06. The Labute approximate surface area is 169 Å². The Bertz CT molecular complexity index is 947. The summed E-state index contributed by atoms with van der Waals surface area (Å²) in [6.45, 7) is 2.29. The molecule has 0 radical (unpaired) electrons. The molecule has 1 unspecified atom stereocenters. The number of carbonyl (C=O) groups is 1. The number of ether oxygens (including phenoxy) is 1. The Balaban J connectivity index is 1.37. The van der Waals surface area contributed by atoms with Crippen LogP contribution in [0.3, 0.4) is 0 Å². The molecule has 0 aliphatic carbocycles. The predicted molar refractivity (Wildman–Crippen MR) is 108 cm³/mol. The van der Waals surface area contributed by atoms with Crippen molar-refractivity contribution in [2.45, 2.75) is 25.3 Å². The van der Waals surface area contributed by atoms with Crippen LogP contribution in [0.1, 0.15) is 34.3 Å². The molecule has 3 aromatic rings. The third-order valence-electron chi connectivity index (χ3n) is 4.99. The van der Waals surface area contributed by atoms with Crippen molar-refractivity contribution in [3.05, 3.63) is 59.8 Å². The van der Waals surface area contributed by atoms with E-state index in [1.54, 1.807) is 12.1 Å². The molecule has 1 aliphatic rings. The van der Waals surface area contributed by atoms with E-state index in [4.69, 9.17) is 9.15 Å². The van der Waals surface area contributed by atoms with Crippen LogP contribution in [0.2, 0.25) is 0 Å². The monoisotopic (exact) mass is 395 g/mol. The summed E-state index contributed by atoms with van der Waals surface area (Å²) in [6, 6.07) is 11.6. The zero-order valence-corrected chi connectivity index (χ0v) is 16.7. The first-order valence-electron chi connectivity index (χ1n) is 9.74. The first-order chi connectivity index (χ1) is 14.1. The Morgan fingerprint density at radius 3 is 2.86 bits per heavy atom. The van der Waals surface area contributed by atoms with Gasteiger partial charge in [0.15, 0.2) is 5.76 Å². The molecule has 4 rings (SSSR count). The highest BCUT2D eigenvalue weighted by atomic mass is 16.5. The highest BCUT2D eigenvalue weighted by Gasteiger charge is 2.24. The van der Waals surface area contributed by atoms with Gasteiger partial charge in [-0.1, -0.05) is 12.1 Å². The van der Waals surface area contributed by atoms with E-state index in [9.17, 15) is 4.79 Å². The lowest BCUT2D eigenvalue weighted by molar-refractivity contribution is 0.0996. The average molecular weight is 395 g/mol. The fourth-order valence-corrected chi connectivity index (χ4v) is 3.39. The molecular formula is C21H25N5O3. The fraction of sp³-hybridized carbons (Fsp3) is 0.381. The van der Waals surface area contributed by atoms with E-state index in [1.165, 1.54) is 11.8 Å². The number of furan rings is 1. The predicted octanol–water partition coefficient (Wildman–Crippen LogP) is 2.79. The van der Waals surface area contributed by atoms with Crippen molar-refractivity contribution in [3.63, 3.8) is 0 Å². The molecule has 0 bridgehead atoms. The molecule has 29 heavy (non-hydrogen) atoms. The summed E-state index contributed by atoms with van der Waals surface area (Å²) >= 11 is 0. The quantitative estimate of drug-likeness (QED) is 0.662. The number of rotatable bonds is 7. The Morgan fingerprint density at radius 2 is 2.14 bits per heavy atom. The molecule has 1 atom stereocenters. The number of amides is 1. The lowest BCUT2D eigenvalue weighted by atomic mass is 9.92. The maximum atomic E-state index is 12.1. The maximum Gasteiger partial charge on any atom is 0.293 e. The first kappa shape index (κ1) is 19.2. The topological polar surface area (TPSA) is 85.4 Å². The molecule has 0 fully saturated rings. The summed E-state index contributed by atoms with van der Waals surface area (Å²) in [6.07, 6.45) is 3.27. The summed E-state index contributed by atoms with van der Waals surface area (Å²) in [4.78, 5) is 18.6. The van der Waals surface area contributed by atoms with E-state index in [1.807, 2.05) is 30.9 Å². The third-order valence-corrected chi connectivity index (χ3v) is 4.99. The van der Waals surface area contributed by atoms with E-state index < -0.39 is 0 Å². The van der Waals surface area contributed by atoms with Gasteiger partial charge in [-0.15, -0.1) is 5.10 Å². The third kappa shape index (κ3) is 4.65. The number of hydrogen-bond acceptors (Lipinski definition) is 6. The lowest BCUT2D eigenvalue weighted by Gasteiger charge is -2.23. The summed E-state index contributed by atoms with van der Waals surface area (Å²) in [5, 5.41) is 7.15. The van der Waals surface area contributed by atoms with Crippen molar-refractivity contribution in [2.75, 3.05) is 32.6 Å². The minimum absolute atomic E-state index is 0.239. The van der Waals surface area contributed by atoms with Crippen LogP contribution in [0, 0.1) is 0 Å². The van der Waals surface area contributed by atoms with Crippen LogP contribution in [-0.2, 0) is 13.0 Å². The number of aromatic nitrogens is 3. The van der Waals surface area contributed by atoms with E-state index in [0.717, 1.165) is 37.5 Å². The van der Waals surface area contributed by atoms with Crippen molar-refractivity contribution in [1.82, 2.24) is 19.7 Å². The van der Waals surface area contributed by atoms with E-state index in [0.29, 0.717) is 18.5 Å². The molecule has 8 heteroatoms. The van der Waals surface area contributed by atoms with Crippen LogP contribution in [0.25, 0.3) is 0 Å². The van der Waals surface area contributed by atoms with Crippen LogP contribution in [-0.4, -0.2) is 52.8 Å². The largest absolute Gasteiger partial charge is 0.492 e. The molecule has 152 valence electrons. The van der Waals surface area contributed by atoms with Crippen LogP contribution in [0.15, 0.2) is 47.1 Å². The van der Waals surface area contributed by atoms with E-state index >= 15 is 0 Å². The Hall–Kier alpha value is -3.13. The highest BCUT2D eigenvalue weighted by Crippen LogP contribution is 2.29. The van der Waals surface area contributed by atoms with Crippen LogP contribution in [0.5, 0.6) is 5.75 Å². The van der Waals surface area contributed by atoms with Gasteiger partial charge in [0.1, 0.15) is 18.2 Å². The Kier molecular flexibility index (Phi) is 5.62. The second kappa shape index (κ2) is 8.48. The van der Waals surface area contributed by atoms with Gasteiger partial charge in [0.2, 0.25) is 5.95 Å². The van der Waals surface area contributed by atoms with Gasteiger partial charge in [-0.05, 0) is 50.3 Å².